The highest BCUT2D eigenvalue weighted by molar-refractivity contribution is 5.92. The van der Waals surface area contributed by atoms with Gasteiger partial charge in [-0.3, -0.25) is 9.69 Å². The van der Waals surface area contributed by atoms with Crippen molar-refractivity contribution in [3.05, 3.63) is 53.1 Å². The summed E-state index contributed by atoms with van der Waals surface area (Å²) in [5.74, 6) is 0.880. The molecular formula is C18H24N4O. The van der Waals surface area contributed by atoms with Gasteiger partial charge in [-0.15, -0.1) is 0 Å². The molecule has 0 fully saturated rings. The third kappa shape index (κ3) is 3.62. The zero-order valence-electron chi connectivity index (χ0n) is 13.9. The first-order valence-electron chi connectivity index (χ1n) is 8.34. The summed E-state index contributed by atoms with van der Waals surface area (Å²) in [6.45, 7) is 8.58. The number of benzene rings is 1. The van der Waals surface area contributed by atoms with Crippen molar-refractivity contribution in [2.45, 2.75) is 39.9 Å². The second kappa shape index (κ2) is 6.96. The first kappa shape index (κ1) is 15.7. The standard InChI is InChI=1S/C18H24N4O/c1-3-14-5-7-15(8-6-14)11-19-18(23)16-12-22-10-9-21(4-2)13-17(22)20-16/h5-8,12H,3-4,9-11,13H2,1-2H3,(H,19,23). The van der Waals surface area contributed by atoms with Gasteiger partial charge in [0, 0.05) is 25.8 Å². The molecule has 0 aliphatic carbocycles. The third-order valence-corrected chi connectivity index (χ3v) is 4.45. The van der Waals surface area contributed by atoms with Crippen molar-refractivity contribution in [1.29, 1.82) is 0 Å². The molecule has 23 heavy (non-hydrogen) atoms. The Hall–Kier alpha value is -2.14. The Kier molecular flexibility index (Phi) is 4.76. The van der Waals surface area contributed by atoms with Gasteiger partial charge in [-0.25, -0.2) is 4.98 Å². The van der Waals surface area contributed by atoms with Crippen LogP contribution in [0.1, 0.15) is 41.3 Å². The number of nitrogens with one attached hydrogen (secondary N) is 1. The number of fused-ring (bicyclic) bond motifs is 1. The first-order chi connectivity index (χ1) is 11.2. The molecule has 5 nitrogen and oxygen atoms in total. The fraction of sp³-hybridized carbons (Fsp3) is 0.444. The summed E-state index contributed by atoms with van der Waals surface area (Å²) < 4.78 is 2.09. The van der Waals surface area contributed by atoms with Crippen LogP contribution in [0.2, 0.25) is 0 Å². The van der Waals surface area contributed by atoms with Crippen LogP contribution in [0, 0.1) is 0 Å². The average Bonchev–Trinajstić information content (AvgIpc) is 3.03. The Morgan fingerprint density at radius 3 is 2.61 bits per heavy atom. The van der Waals surface area contributed by atoms with Gasteiger partial charge < -0.3 is 9.88 Å². The van der Waals surface area contributed by atoms with Crippen LogP contribution in [0.15, 0.2) is 30.5 Å². The van der Waals surface area contributed by atoms with E-state index in [1.807, 2.05) is 6.20 Å². The van der Waals surface area contributed by atoms with E-state index in [-0.39, 0.29) is 5.91 Å². The van der Waals surface area contributed by atoms with Gasteiger partial charge in [-0.1, -0.05) is 38.1 Å². The zero-order valence-corrected chi connectivity index (χ0v) is 13.9. The van der Waals surface area contributed by atoms with Crippen molar-refractivity contribution in [3.63, 3.8) is 0 Å². The largest absolute Gasteiger partial charge is 0.347 e. The molecule has 3 rings (SSSR count). The Balaban J connectivity index is 1.61. The van der Waals surface area contributed by atoms with E-state index in [1.54, 1.807) is 0 Å². The molecule has 1 aliphatic heterocycles. The number of hydrogen-bond donors (Lipinski definition) is 1. The maximum atomic E-state index is 12.3. The van der Waals surface area contributed by atoms with Crippen molar-refractivity contribution in [3.8, 4) is 0 Å². The molecule has 0 saturated heterocycles. The van der Waals surface area contributed by atoms with Crippen molar-refractivity contribution >= 4 is 5.91 Å². The van der Waals surface area contributed by atoms with Crippen LogP contribution in [0.4, 0.5) is 0 Å². The normalized spacial score (nSPS) is 14.5. The van der Waals surface area contributed by atoms with Crippen LogP contribution < -0.4 is 5.32 Å². The molecule has 1 N–H and O–H groups in total. The lowest BCUT2D eigenvalue weighted by atomic mass is 10.1. The molecule has 5 heteroatoms. The Labute approximate surface area is 137 Å². The second-order valence-corrected chi connectivity index (χ2v) is 5.96. The van der Waals surface area contributed by atoms with Crippen molar-refractivity contribution in [2.24, 2.45) is 0 Å². The lowest BCUT2D eigenvalue weighted by Crippen LogP contribution is -2.33. The van der Waals surface area contributed by atoms with Crippen LogP contribution >= 0.6 is 0 Å². The van der Waals surface area contributed by atoms with Gasteiger partial charge in [0.05, 0.1) is 6.54 Å². The SMILES string of the molecule is CCc1ccc(CNC(=O)c2cn3c(n2)CN(CC)CC3)cc1. The minimum atomic E-state index is -0.102. The molecule has 0 bridgehead atoms. The minimum Gasteiger partial charge on any atom is -0.347 e. The van der Waals surface area contributed by atoms with Crippen LogP contribution in [-0.2, 0) is 26.1 Å². The third-order valence-electron chi connectivity index (χ3n) is 4.45. The van der Waals surface area contributed by atoms with Crippen LogP contribution in [0.5, 0.6) is 0 Å². The summed E-state index contributed by atoms with van der Waals surface area (Å²) in [5, 5.41) is 2.96. The molecular weight excluding hydrogens is 288 g/mol. The lowest BCUT2D eigenvalue weighted by Gasteiger charge is -2.25. The van der Waals surface area contributed by atoms with E-state index in [1.165, 1.54) is 5.56 Å². The predicted octanol–water partition coefficient (Wildman–Crippen LogP) is 2.21. The van der Waals surface area contributed by atoms with Crippen LogP contribution in [0.3, 0.4) is 0 Å². The molecule has 122 valence electrons. The maximum Gasteiger partial charge on any atom is 0.271 e. The summed E-state index contributed by atoms with van der Waals surface area (Å²) in [5.41, 5.74) is 2.93. The average molecular weight is 312 g/mol. The molecule has 0 spiro atoms. The van der Waals surface area contributed by atoms with Crippen molar-refractivity contribution < 1.29 is 4.79 Å². The van der Waals surface area contributed by atoms with E-state index in [0.717, 1.165) is 44.0 Å². The molecule has 0 unspecified atom stereocenters. The Morgan fingerprint density at radius 2 is 1.91 bits per heavy atom. The number of hydrogen-bond acceptors (Lipinski definition) is 3. The lowest BCUT2D eigenvalue weighted by molar-refractivity contribution is 0.0946. The van der Waals surface area contributed by atoms with Crippen molar-refractivity contribution in [1.82, 2.24) is 19.8 Å². The number of rotatable bonds is 5. The van der Waals surface area contributed by atoms with E-state index in [4.69, 9.17) is 0 Å². The highest BCUT2D eigenvalue weighted by Crippen LogP contribution is 2.12. The summed E-state index contributed by atoms with van der Waals surface area (Å²) in [6.07, 6.45) is 2.90. The minimum absolute atomic E-state index is 0.102. The Morgan fingerprint density at radius 1 is 1.17 bits per heavy atom. The highest BCUT2D eigenvalue weighted by Gasteiger charge is 2.19. The summed E-state index contributed by atoms with van der Waals surface area (Å²) in [4.78, 5) is 19.1. The predicted molar refractivity (Wildman–Crippen MR) is 90.2 cm³/mol. The van der Waals surface area contributed by atoms with Gasteiger partial charge in [-0.2, -0.15) is 0 Å². The monoisotopic (exact) mass is 312 g/mol. The van der Waals surface area contributed by atoms with Crippen molar-refractivity contribution in [2.75, 3.05) is 13.1 Å². The van der Waals surface area contributed by atoms with E-state index < -0.39 is 0 Å². The molecule has 0 atom stereocenters. The molecule has 0 saturated carbocycles. The van der Waals surface area contributed by atoms with E-state index >= 15 is 0 Å². The van der Waals surface area contributed by atoms with Crippen LogP contribution in [0.25, 0.3) is 0 Å². The van der Waals surface area contributed by atoms with E-state index in [2.05, 4.69) is 57.9 Å². The fourth-order valence-corrected chi connectivity index (χ4v) is 2.85. The van der Waals surface area contributed by atoms with Gasteiger partial charge in [0.1, 0.15) is 11.5 Å². The Bertz CT molecular complexity index is 675. The van der Waals surface area contributed by atoms with Gasteiger partial charge >= 0.3 is 0 Å². The quantitative estimate of drug-likeness (QED) is 0.921. The number of aryl methyl sites for hydroxylation is 1. The molecule has 1 amide bonds. The summed E-state index contributed by atoms with van der Waals surface area (Å²) >= 11 is 0. The summed E-state index contributed by atoms with van der Waals surface area (Å²) in [7, 11) is 0. The highest BCUT2D eigenvalue weighted by atomic mass is 16.1. The number of likely N-dealkylation sites (N-methyl/N-ethyl adjacent to an activating group) is 1. The maximum absolute atomic E-state index is 12.3. The number of aromatic nitrogens is 2. The smallest absolute Gasteiger partial charge is 0.271 e. The van der Waals surface area contributed by atoms with E-state index in [0.29, 0.717) is 12.2 Å². The molecule has 0 radical (unpaired) electrons. The summed E-state index contributed by atoms with van der Waals surface area (Å²) in [6, 6.07) is 8.35. The van der Waals surface area contributed by atoms with E-state index in [9.17, 15) is 4.79 Å². The molecule has 1 aromatic carbocycles. The molecule has 2 heterocycles. The number of nitrogens with zero attached hydrogens (tertiary/aromatic N) is 3. The zero-order chi connectivity index (χ0) is 16.2. The molecule has 1 aliphatic rings. The number of imidazole rings is 1. The van der Waals surface area contributed by atoms with Gasteiger partial charge in [0.25, 0.3) is 5.91 Å². The molecule has 1 aromatic heterocycles. The van der Waals surface area contributed by atoms with Crippen LogP contribution in [-0.4, -0.2) is 33.4 Å². The topological polar surface area (TPSA) is 50.2 Å². The second-order valence-electron chi connectivity index (χ2n) is 5.96. The van der Waals surface area contributed by atoms with Gasteiger partial charge in [0.15, 0.2) is 0 Å². The number of amides is 1. The number of carbonyl (C=O) groups excluding carboxylic acids is 1. The van der Waals surface area contributed by atoms with Gasteiger partial charge in [-0.05, 0) is 24.1 Å². The molecule has 2 aromatic rings. The number of carbonyl (C=O) groups is 1. The van der Waals surface area contributed by atoms with Gasteiger partial charge in [0.2, 0.25) is 0 Å². The first-order valence-corrected chi connectivity index (χ1v) is 8.34. The fourth-order valence-electron chi connectivity index (χ4n) is 2.85.